The second-order valence-corrected chi connectivity index (χ2v) is 2.86. The molecule has 0 aromatic heterocycles. The van der Waals surface area contributed by atoms with Crippen molar-refractivity contribution in [3.63, 3.8) is 0 Å². The van der Waals surface area contributed by atoms with Gasteiger partial charge in [-0.15, -0.1) is 0 Å². The summed E-state index contributed by atoms with van der Waals surface area (Å²) >= 11 is 0. The number of likely N-dealkylation sites (N-methyl/N-ethyl adjacent to an activating group) is 1. The summed E-state index contributed by atoms with van der Waals surface area (Å²) in [5.41, 5.74) is 0. The summed E-state index contributed by atoms with van der Waals surface area (Å²) in [7, 11) is 1.90. The normalized spacial score (nSPS) is 9.86. The highest BCUT2D eigenvalue weighted by molar-refractivity contribution is 5.31. The summed E-state index contributed by atoms with van der Waals surface area (Å²) in [6.45, 7) is 4.20. The first-order valence-electron chi connectivity index (χ1n) is 4.87. The van der Waals surface area contributed by atoms with Crippen molar-refractivity contribution in [3.05, 3.63) is 24.3 Å². The van der Waals surface area contributed by atoms with Crippen molar-refractivity contribution < 1.29 is 9.47 Å². The number of rotatable bonds is 6. The fourth-order valence-corrected chi connectivity index (χ4v) is 1.07. The van der Waals surface area contributed by atoms with E-state index in [-0.39, 0.29) is 0 Å². The molecular formula is C11H17NO2. The SMILES string of the molecule is CCOc1ccc(OCCNC)cc1. The summed E-state index contributed by atoms with van der Waals surface area (Å²) in [4.78, 5) is 0. The van der Waals surface area contributed by atoms with Gasteiger partial charge in [0.2, 0.25) is 0 Å². The number of ether oxygens (including phenoxy) is 2. The maximum atomic E-state index is 5.46. The minimum absolute atomic E-state index is 0.685. The molecule has 1 aromatic rings. The van der Waals surface area contributed by atoms with Crippen LogP contribution in [0.1, 0.15) is 6.92 Å². The van der Waals surface area contributed by atoms with Crippen molar-refractivity contribution in [1.82, 2.24) is 5.32 Å². The van der Waals surface area contributed by atoms with Crippen LogP contribution in [-0.2, 0) is 0 Å². The maximum absolute atomic E-state index is 5.46. The highest BCUT2D eigenvalue weighted by atomic mass is 16.5. The van der Waals surface area contributed by atoms with Gasteiger partial charge < -0.3 is 14.8 Å². The summed E-state index contributed by atoms with van der Waals surface area (Å²) in [6, 6.07) is 7.66. The summed E-state index contributed by atoms with van der Waals surface area (Å²) in [5, 5.41) is 3.02. The van der Waals surface area contributed by atoms with E-state index in [9.17, 15) is 0 Å². The second kappa shape index (κ2) is 6.27. The Morgan fingerprint density at radius 3 is 2.14 bits per heavy atom. The topological polar surface area (TPSA) is 30.5 Å². The van der Waals surface area contributed by atoms with Crippen LogP contribution in [0.15, 0.2) is 24.3 Å². The van der Waals surface area contributed by atoms with Crippen molar-refractivity contribution in [2.24, 2.45) is 0 Å². The zero-order valence-corrected chi connectivity index (χ0v) is 8.75. The average molecular weight is 195 g/mol. The first kappa shape index (κ1) is 10.9. The van der Waals surface area contributed by atoms with Crippen LogP contribution in [0.5, 0.6) is 11.5 Å². The Bertz CT molecular complexity index is 246. The lowest BCUT2D eigenvalue weighted by Gasteiger charge is -2.07. The molecule has 0 unspecified atom stereocenters. The van der Waals surface area contributed by atoms with E-state index in [2.05, 4.69) is 5.32 Å². The number of hydrogen-bond donors (Lipinski definition) is 1. The molecule has 0 saturated heterocycles. The minimum Gasteiger partial charge on any atom is -0.494 e. The third-order valence-electron chi connectivity index (χ3n) is 1.76. The Morgan fingerprint density at radius 2 is 1.64 bits per heavy atom. The minimum atomic E-state index is 0.685. The highest BCUT2D eigenvalue weighted by Crippen LogP contribution is 2.17. The van der Waals surface area contributed by atoms with Crippen molar-refractivity contribution in [2.45, 2.75) is 6.92 Å². The Hall–Kier alpha value is -1.22. The zero-order chi connectivity index (χ0) is 10.2. The van der Waals surface area contributed by atoms with E-state index in [1.807, 2.05) is 38.2 Å². The van der Waals surface area contributed by atoms with E-state index >= 15 is 0 Å². The first-order chi connectivity index (χ1) is 6.86. The first-order valence-corrected chi connectivity index (χ1v) is 4.87. The van der Waals surface area contributed by atoms with E-state index in [0.717, 1.165) is 18.0 Å². The molecule has 0 saturated carbocycles. The second-order valence-electron chi connectivity index (χ2n) is 2.86. The molecule has 3 nitrogen and oxygen atoms in total. The van der Waals surface area contributed by atoms with Gasteiger partial charge >= 0.3 is 0 Å². The predicted molar refractivity (Wildman–Crippen MR) is 57.0 cm³/mol. The predicted octanol–water partition coefficient (Wildman–Crippen LogP) is 1.68. The molecule has 0 aliphatic rings. The van der Waals surface area contributed by atoms with Gasteiger partial charge in [-0.05, 0) is 38.2 Å². The van der Waals surface area contributed by atoms with Crippen LogP contribution in [0, 0.1) is 0 Å². The molecule has 3 heteroatoms. The van der Waals surface area contributed by atoms with Crippen LogP contribution in [-0.4, -0.2) is 26.8 Å². The smallest absolute Gasteiger partial charge is 0.119 e. The fraction of sp³-hybridized carbons (Fsp3) is 0.455. The fourth-order valence-electron chi connectivity index (χ4n) is 1.07. The van der Waals surface area contributed by atoms with Gasteiger partial charge in [0.15, 0.2) is 0 Å². The van der Waals surface area contributed by atoms with Gasteiger partial charge in [0.05, 0.1) is 6.61 Å². The Balaban J connectivity index is 2.38. The van der Waals surface area contributed by atoms with Gasteiger partial charge in [-0.1, -0.05) is 0 Å². The van der Waals surface area contributed by atoms with E-state index in [4.69, 9.17) is 9.47 Å². The molecule has 1 N–H and O–H groups in total. The van der Waals surface area contributed by atoms with Gasteiger partial charge in [0.1, 0.15) is 18.1 Å². The molecule has 14 heavy (non-hydrogen) atoms. The van der Waals surface area contributed by atoms with Crippen LogP contribution in [0.25, 0.3) is 0 Å². The Labute approximate surface area is 85.0 Å². The quantitative estimate of drug-likeness (QED) is 0.701. The largest absolute Gasteiger partial charge is 0.494 e. The van der Waals surface area contributed by atoms with Crippen molar-refractivity contribution in [1.29, 1.82) is 0 Å². The van der Waals surface area contributed by atoms with E-state index in [1.54, 1.807) is 0 Å². The van der Waals surface area contributed by atoms with Gasteiger partial charge in [0, 0.05) is 6.54 Å². The third-order valence-corrected chi connectivity index (χ3v) is 1.76. The van der Waals surface area contributed by atoms with Gasteiger partial charge in [-0.25, -0.2) is 0 Å². The molecule has 0 atom stereocenters. The van der Waals surface area contributed by atoms with E-state index < -0.39 is 0 Å². The zero-order valence-electron chi connectivity index (χ0n) is 8.75. The molecule has 0 aliphatic carbocycles. The molecule has 0 spiro atoms. The van der Waals surface area contributed by atoms with Crippen molar-refractivity contribution in [2.75, 3.05) is 26.8 Å². The molecular weight excluding hydrogens is 178 g/mol. The van der Waals surface area contributed by atoms with Crippen LogP contribution in [0.2, 0.25) is 0 Å². The molecule has 0 radical (unpaired) electrons. The summed E-state index contributed by atoms with van der Waals surface area (Å²) < 4.78 is 10.8. The lowest BCUT2D eigenvalue weighted by molar-refractivity contribution is 0.315. The molecule has 1 rings (SSSR count). The van der Waals surface area contributed by atoms with Crippen LogP contribution in [0.3, 0.4) is 0 Å². The third kappa shape index (κ3) is 3.66. The van der Waals surface area contributed by atoms with Crippen LogP contribution >= 0.6 is 0 Å². The van der Waals surface area contributed by atoms with Crippen LogP contribution in [0.4, 0.5) is 0 Å². The van der Waals surface area contributed by atoms with Crippen LogP contribution < -0.4 is 14.8 Å². The standard InChI is InChI=1S/C11H17NO2/c1-3-13-10-4-6-11(7-5-10)14-9-8-12-2/h4-7,12H,3,8-9H2,1-2H3. The van der Waals surface area contributed by atoms with Gasteiger partial charge in [0.25, 0.3) is 0 Å². The van der Waals surface area contributed by atoms with Crippen molar-refractivity contribution in [3.8, 4) is 11.5 Å². The molecule has 0 aliphatic heterocycles. The lowest BCUT2D eigenvalue weighted by Crippen LogP contribution is -2.15. The van der Waals surface area contributed by atoms with E-state index in [0.29, 0.717) is 13.2 Å². The maximum Gasteiger partial charge on any atom is 0.119 e. The number of benzene rings is 1. The molecule has 0 fully saturated rings. The lowest BCUT2D eigenvalue weighted by atomic mass is 10.3. The summed E-state index contributed by atoms with van der Waals surface area (Å²) in [6.07, 6.45) is 0. The van der Waals surface area contributed by atoms with Gasteiger partial charge in [-0.2, -0.15) is 0 Å². The Morgan fingerprint density at radius 1 is 1.07 bits per heavy atom. The molecule has 0 heterocycles. The Kier molecular flexibility index (Phi) is 4.86. The monoisotopic (exact) mass is 195 g/mol. The van der Waals surface area contributed by atoms with E-state index in [1.165, 1.54) is 0 Å². The molecule has 0 amide bonds. The number of hydrogen-bond acceptors (Lipinski definition) is 3. The summed E-state index contributed by atoms with van der Waals surface area (Å²) in [5.74, 6) is 1.76. The average Bonchev–Trinajstić information content (AvgIpc) is 2.21. The molecule has 1 aromatic carbocycles. The van der Waals surface area contributed by atoms with Gasteiger partial charge in [-0.3, -0.25) is 0 Å². The highest BCUT2D eigenvalue weighted by Gasteiger charge is 1.94. The molecule has 78 valence electrons. The molecule has 0 bridgehead atoms. The van der Waals surface area contributed by atoms with Crippen molar-refractivity contribution >= 4 is 0 Å². The number of nitrogens with one attached hydrogen (secondary N) is 1.